The number of amides is 1. The van der Waals surface area contributed by atoms with Gasteiger partial charge in [0.1, 0.15) is 5.60 Å². The second-order valence-electron chi connectivity index (χ2n) is 9.26. The van der Waals surface area contributed by atoms with Crippen molar-refractivity contribution in [2.75, 3.05) is 0 Å². The number of benzene rings is 1. The molecule has 3 heterocycles. The molecule has 1 aromatic heterocycles. The lowest BCUT2D eigenvalue weighted by atomic mass is 9.93. The number of allylic oxidation sites excluding steroid dienone is 1. The highest BCUT2D eigenvalue weighted by Crippen LogP contribution is 2.45. The molecule has 2 aliphatic heterocycles. The monoisotopic (exact) mass is 510 g/mol. The Morgan fingerprint density at radius 1 is 1.20 bits per heavy atom. The Balaban J connectivity index is 1.63. The third-order valence-electron chi connectivity index (χ3n) is 5.36. The van der Waals surface area contributed by atoms with Gasteiger partial charge in [0.2, 0.25) is 5.91 Å². The minimum Gasteiger partial charge on any atom is -0.456 e. The van der Waals surface area contributed by atoms with Crippen LogP contribution in [0.25, 0.3) is 0 Å². The number of ether oxygens (including phenoxy) is 1. The summed E-state index contributed by atoms with van der Waals surface area (Å²) in [6, 6.07) is 10.6. The molecule has 0 fully saturated rings. The van der Waals surface area contributed by atoms with Crippen LogP contribution in [0.2, 0.25) is 5.02 Å². The first-order valence-corrected chi connectivity index (χ1v) is 12.5. The van der Waals surface area contributed by atoms with E-state index in [9.17, 15) is 9.59 Å². The molecule has 1 atom stereocenters. The van der Waals surface area contributed by atoms with Crippen LogP contribution in [-0.4, -0.2) is 32.5 Å². The molecule has 1 unspecified atom stereocenters. The molecule has 182 valence electrons. The predicted molar refractivity (Wildman–Crippen MR) is 138 cm³/mol. The van der Waals surface area contributed by atoms with Crippen LogP contribution in [0.3, 0.4) is 0 Å². The topological polar surface area (TPSA) is 83.9 Å². The molecule has 9 heteroatoms. The van der Waals surface area contributed by atoms with E-state index in [2.05, 4.69) is 15.3 Å². The van der Waals surface area contributed by atoms with Crippen LogP contribution >= 0.6 is 23.4 Å². The summed E-state index contributed by atoms with van der Waals surface area (Å²) in [6.45, 7) is 7.70. The molecule has 7 nitrogen and oxygen atoms in total. The lowest BCUT2D eigenvalue weighted by molar-refractivity contribution is -0.150. The highest BCUT2D eigenvalue weighted by atomic mass is 35.5. The van der Waals surface area contributed by atoms with Crippen molar-refractivity contribution in [3.8, 4) is 0 Å². The van der Waals surface area contributed by atoms with Crippen LogP contribution in [-0.2, 0) is 20.9 Å². The SMILES string of the molecule is CC1=C(C(=O)OC(C)(C)C)C(c2cccc(Cl)c2)N2C(CC(=O)NCc3ccncc3)=CSC2=N1. The molecule has 4 rings (SSSR count). The summed E-state index contributed by atoms with van der Waals surface area (Å²) in [5.74, 6) is -0.578. The molecule has 35 heavy (non-hydrogen) atoms. The first kappa shape index (κ1) is 25.0. The second kappa shape index (κ2) is 10.3. The Bertz CT molecular complexity index is 1230. The Kier molecular flexibility index (Phi) is 7.33. The van der Waals surface area contributed by atoms with Gasteiger partial charge in [0.15, 0.2) is 5.17 Å². The van der Waals surface area contributed by atoms with Crippen LogP contribution in [0, 0.1) is 0 Å². The van der Waals surface area contributed by atoms with E-state index in [1.54, 1.807) is 25.4 Å². The van der Waals surface area contributed by atoms with Crippen LogP contribution in [0.1, 0.15) is 51.3 Å². The molecule has 0 saturated heterocycles. The number of halogens is 1. The van der Waals surface area contributed by atoms with Gasteiger partial charge in [-0.15, -0.1) is 0 Å². The molecule has 0 saturated carbocycles. The Hall–Kier alpha value is -3.10. The van der Waals surface area contributed by atoms with E-state index in [0.29, 0.717) is 28.0 Å². The first-order valence-electron chi connectivity index (χ1n) is 11.2. The zero-order valence-electron chi connectivity index (χ0n) is 20.0. The molecular formula is C26H27ClN4O3S. The number of aromatic nitrogens is 1. The maximum Gasteiger partial charge on any atom is 0.338 e. The largest absolute Gasteiger partial charge is 0.456 e. The van der Waals surface area contributed by atoms with Gasteiger partial charge in [-0.3, -0.25) is 9.78 Å². The van der Waals surface area contributed by atoms with E-state index < -0.39 is 17.6 Å². The van der Waals surface area contributed by atoms with Gasteiger partial charge in [-0.25, -0.2) is 9.79 Å². The number of aliphatic imine (C=N–C) groups is 1. The number of pyridine rings is 1. The number of rotatable bonds is 6. The number of carbonyl (C=O) groups is 2. The number of fused-ring (bicyclic) bond motifs is 1. The lowest BCUT2D eigenvalue weighted by Crippen LogP contribution is -2.39. The molecule has 1 aromatic carbocycles. The Morgan fingerprint density at radius 2 is 1.94 bits per heavy atom. The molecular weight excluding hydrogens is 484 g/mol. The summed E-state index contributed by atoms with van der Waals surface area (Å²) in [6.07, 6.45) is 3.52. The quantitative estimate of drug-likeness (QED) is 0.527. The van der Waals surface area contributed by atoms with Gasteiger partial charge in [0.05, 0.1) is 23.7 Å². The number of hydrogen-bond acceptors (Lipinski definition) is 7. The lowest BCUT2D eigenvalue weighted by Gasteiger charge is -2.37. The maximum atomic E-state index is 13.3. The molecule has 0 spiro atoms. The number of nitrogens with one attached hydrogen (secondary N) is 1. The highest BCUT2D eigenvalue weighted by molar-refractivity contribution is 8.16. The van der Waals surface area contributed by atoms with Gasteiger partial charge >= 0.3 is 5.97 Å². The van der Waals surface area contributed by atoms with E-state index in [1.807, 2.05) is 61.4 Å². The van der Waals surface area contributed by atoms with Gasteiger partial charge < -0.3 is 15.0 Å². The molecule has 0 radical (unpaired) electrons. The van der Waals surface area contributed by atoms with Crippen LogP contribution in [0.5, 0.6) is 0 Å². The van der Waals surface area contributed by atoms with Crippen molar-refractivity contribution in [1.29, 1.82) is 0 Å². The fourth-order valence-corrected chi connectivity index (χ4v) is 5.05. The third kappa shape index (κ3) is 5.94. The number of esters is 1. The summed E-state index contributed by atoms with van der Waals surface area (Å²) >= 11 is 7.76. The van der Waals surface area contributed by atoms with Crippen LogP contribution in [0.4, 0.5) is 0 Å². The minimum absolute atomic E-state index is 0.134. The fourth-order valence-electron chi connectivity index (χ4n) is 3.88. The average Bonchev–Trinajstić information content (AvgIpc) is 3.18. The van der Waals surface area contributed by atoms with Crippen LogP contribution < -0.4 is 5.32 Å². The van der Waals surface area contributed by atoms with E-state index in [1.165, 1.54) is 11.8 Å². The van der Waals surface area contributed by atoms with Crippen molar-refractivity contribution in [1.82, 2.24) is 15.2 Å². The van der Waals surface area contributed by atoms with Crippen molar-refractivity contribution in [2.45, 2.75) is 52.3 Å². The minimum atomic E-state index is -0.668. The second-order valence-corrected chi connectivity index (χ2v) is 10.5. The summed E-state index contributed by atoms with van der Waals surface area (Å²) in [5.41, 5.74) is 2.87. The maximum absolute atomic E-state index is 13.3. The molecule has 2 aromatic rings. The zero-order chi connectivity index (χ0) is 25.2. The molecule has 0 bridgehead atoms. The Morgan fingerprint density at radius 3 is 2.63 bits per heavy atom. The van der Waals surface area contributed by atoms with E-state index in [4.69, 9.17) is 16.3 Å². The van der Waals surface area contributed by atoms with Crippen molar-refractivity contribution in [2.24, 2.45) is 4.99 Å². The molecule has 1 amide bonds. The number of hydrogen-bond donors (Lipinski definition) is 1. The zero-order valence-corrected chi connectivity index (χ0v) is 21.6. The van der Waals surface area contributed by atoms with Gasteiger partial charge in [-0.2, -0.15) is 0 Å². The average molecular weight is 511 g/mol. The number of amidine groups is 1. The first-order chi connectivity index (χ1) is 16.6. The third-order valence-corrected chi connectivity index (χ3v) is 6.49. The number of thioether (sulfide) groups is 1. The molecule has 1 N–H and O–H groups in total. The summed E-state index contributed by atoms with van der Waals surface area (Å²) in [7, 11) is 0. The standard InChI is InChI=1S/C26H27ClN4O3S/c1-16-22(24(33)34-26(2,3)4)23(18-6-5-7-19(27)12-18)31-20(15-35-25(31)30-16)13-21(32)29-14-17-8-10-28-11-9-17/h5-12,15,23H,13-14H2,1-4H3,(H,29,32). The molecule has 0 aliphatic carbocycles. The van der Waals surface area contributed by atoms with Crippen molar-refractivity contribution in [3.05, 3.63) is 87.3 Å². The fraction of sp³-hybridized carbons (Fsp3) is 0.308. The van der Waals surface area contributed by atoms with Gasteiger partial charge in [0.25, 0.3) is 0 Å². The van der Waals surface area contributed by atoms with E-state index in [0.717, 1.165) is 16.8 Å². The smallest absolute Gasteiger partial charge is 0.338 e. The Labute approximate surface area is 214 Å². The van der Waals surface area contributed by atoms with Crippen molar-refractivity contribution >= 4 is 40.4 Å². The summed E-state index contributed by atoms with van der Waals surface area (Å²) in [5, 5.41) is 6.12. The van der Waals surface area contributed by atoms with E-state index in [-0.39, 0.29) is 12.3 Å². The van der Waals surface area contributed by atoms with Gasteiger partial charge in [-0.05, 0) is 68.5 Å². The van der Waals surface area contributed by atoms with Gasteiger partial charge in [0, 0.05) is 29.7 Å². The number of nitrogens with zero attached hydrogens (tertiary/aromatic N) is 3. The number of carbonyl (C=O) groups excluding carboxylic acids is 2. The van der Waals surface area contributed by atoms with Crippen molar-refractivity contribution < 1.29 is 14.3 Å². The highest BCUT2D eigenvalue weighted by Gasteiger charge is 2.41. The summed E-state index contributed by atoms with van der Waals surface area (Å²) < 4.78 is 5.75. The van der Waals surface area contributed by atoms with Gasteiger partial charge in [-0.1, -0.05) is 35.5 Å². The van der Waals surface area contributed by atoms with Crippen LogP contribution in [0.15, 0.2) is 76.2 Å². The van der Waals surface area contributed by atoms with Crippen molar-refractivity contribution in [3.63, 3.8) is 0 Å². The van der Waals surface area contributed by atoms with E-state index >= 15 is 0 Å². The molecule has 2 aliphatic rings. The predicted octanol–water partition coefficient (Wildman–Crippen LogP) is 5.36. The normalized spacial score (nSPS) is 17.5. The summed E-state index contributed by atoms with van der Waals surface area (Å²) in [4.78, 5) is 36.8.